The van der Waals surface area contributed by atoms with E-state index in [9.17, 15) is 4.79 Å². The van der Waals surface area contributed by atoms with Crippen molar-refractivity contribution < 1.29 is 4.79 Å². The Kier molecular flexibility index (Phi) is 4.55. The van der Waals surface area contributed by atoms with Crippen molar-refractivity contribution in [2.45, 2.75) is 54.5 Å². The highest BCUT2D eigenvalue weighted by Crippen LogP contribution is 2.43. The van der Waals surface area contributed by atoms with Crippen molar-refractivity contribution in [1.29, 1.82) is 0 Å². The van der Waals surface area contributed by atoms with Gasteiger partial charge in [-0.15, -0.1) is 0 Å². The van der Waals surface area contributed by atoms with Crippen molar-refractivity contribution in [2.75, 3.05) is 12.4 Å². The zero-order valence-corrected chi connectivity index (χ0v) is 15.2. The first-order valence-corrected chi connectivity index (χ1v) is 8.27. The predicted molar refractivity (Wildman–Crippen MR) is 93.4 cm³/mol. The normalized spacial score (nSPS) is 27.3. The summed E-state index contributed by atoms with van der Waals surface area (Å²) in [6.07, 6.45) is 0. The minimum absolute atomic E-state index is 0.121. The summed E-state index contributed by atoms with van der Waals surface area (Å²) in [6.45, 7) is 15.3. The average molecular weight is 302 g/mol. The highest BCUT2D eigenvalue weighted by atomic mass is 16.1. The molecular formula is C19H30N2O. The molecule has 3 nitrogen and oxygen atoms in total. The molecule has 0 saturated heterocycles. The van der Waals surface area contributed by atoms with Crippen LogP contribution in [-0.4, -0.2) is 19.0 Å². The van der Waals surface area contributed by atoms with Gasteiger partial charge in [-0.25, -0.2) is 0 Å². The van der Waals surface area contributed by atoms with Gasteiger partial charge in [0.1, 0.15) is 0 Å². The first-order valence-electron chi connectivity index (χ1n) is 8.27. The molecule has 0 aliphatic heterocycles. The van der Waals surface area contributed by atoms with Crippen molar-refractivity contribution in [3.8, 4) is 0 Å². The second-order valence-electron chi connectivity index (χ2n) is 7.03. The molecule has 0 radical (unpaired) electrons. The molecule has 122 valence electrons. The third-order valence-corrected chi connectivity index (χ3v) is 6.13. The molecule has 0 aromatic heterocycles. The van der Waals surface area contributed by atoms with Gasteiger partial charge in [0.25, 0.3) is 0 Å². The maximum atomic E-state index is 12.0. The van der Waals surface area contributed by atoms with Crippen LogP contribution in [0, 0.1) is 52.4 Å². The number of hydrogen-bond donors (Lipinski definition) is 2. The predicted octanol–water partition coefficient (Wildman–Crippen LogP) is 3.66. The number of benzene rings is 1. The van der Waals surface area contributed by atoms with E-state index < -0.39 is 0 Å². The van der Waals surface area contributed by atoms with Crippen LogP contribution in [0.25, 0.3) is 0 Å². The van der Waals surface area contributed by atoms with Crippen LogP contribution in [0.3, 0.4) is 0 Å². The number of anilines is 1. The Bertz CT molecular complexity index is 567. The molecule has 1 aromatic rings. The number of carbonyl (C=O) groups excluding carboxylic acids is 1. The van der Waals surface area contributed by atoms with Gasteiger partial charge in [-0.2, -0.15) is 0 Å². The minimum Gasteiger partial charge on any atom is -0.381 e. The monoisotopic (exact) mass is 302 g/mol. The Morgan fingerprint density at radius 3 is 1.64 bits per heavy atom. The summed E-state index contributed by atoms with van der Waals surface area (Å²) in [5, 5.41) is 6.55. The van der Waals surface area contributed by atoms with Crippen LogP contribution in [0.4, 0.5) is 5.69 Å². The van der Waals surface area contributed by atoms with Gasteiger partial charge in [0, 0.05) is 24.7 Å². The molecule has 2 atom stereocenters. The largest absolute Gasteiger partial charge is 0.381 e. The zero-order valence-electron chi connectivity index (χ0n) is 15.2. The molecule has 1 aliphatic carbocycles. The summed E-state index contributed by atoms with van der Waals surface area (Å²) in [5.74, 6) is 1.00. The fourth-order valence-corrected chi connectivity index (χ4v) is 4.05. The maximum Gasteiger partial charge on any atom is 0.223 e. The van der Waals surface area contributed by atoms with Gasteiger partial charge in [-0.1, -0.05) is 13.8 Å². The summed E-state index contributed by atoms with van der Waals surface area (Å²) in [7, 11) is 1.73. The Hall–Kier alpha value is -1.51. The van der Waals surface area contributed by atoms with Crippen LogP contribution in [0.1, 0.15) is 41.7 Å². The van der Waals surface area contributed by atoms with Crippen molar-refractivity contribution in [2.24, 2.45) is 17.8 Å². The zero-order chi connectivity index (χ0) is 16.8. The molecule has 22 heavy (non-hydrogen) atoms. The second kappa shape index (κ2) is 5.94. The molecule has 3 heteroatoms. The summed E-state index contributed by atoms with van der Waals surface area (Å²) >= 11 is 0. The fraction of sp³-hybridized carbons (Fsp3) is 0.632. The maximum absolute atomic E-state index is 12.0. The van der Waals surface area contributed by atoms with Crippen LogP contribution < -0.4 is 10.6 Å². The van der Waals surface area contributed by atoms with Crippen molar-refractivity contribution in [3.05, 3.63) is 27.8 Å². The average Bonchev–Trinajstić information content (AvgIpc) is 2.51. The molecule has 2 N–H and O–H groups in total. The molecule has 0 spiro atoms. The van der Waals surface area contributed by atoms with Crippen LogP contribution in [0.5, 0.6) is 0 Å². The number of rotatable bonds is 3. The topological polar surface area (TPSA) is 41.1 Å². The van der Waals surface area contributed by atoms with Gasteiger partial charge < -0.3 is 10.6 Å². The van der Waals surface area contributed by atoms with E-state index in [0.717, 1.165) is 0 Å². The number of amides is 1. The SMILES string of the molecule is CNC(=O)C1C(C)C(Nc2c(C)c(C)c(C)c(C)c2C)C1C. The summed E-state index contributed by atoms with van der Waals surface area (Å²) in [5.41, 5.74) is 8.06. The van der Waals surface area contributed by atoms with Crippen LogP contribution in [0.2, 0.25) is 0 Å². The van der Waals surface area contributed by atoms with E-state index in [-0.39, 0.29) is 11.8 Å². The lowest BCUT2D eigenvalue weighted by molar-refractivity contribution is -0.133. The van der Waals surface area contributed by atoms with Crippen LogP contribution >= 0.6 is 0 Å². The van der Waals surface area contributed by atoms with Crippen molar-refractivity contribution in [1.82, 2.24) is 5.32 Å². The molecule has 1 aromatic carbocycles. The molecule has 0 heterocycles. The molecule has 1 saturated carbocycles. The van der Waals surface area contributed by atoms with Gasteiger partial charge in [-0.3, -0.25) is 4.79 Å². The highest BCUT2D eigenvalue weighted by Gasteiger charge is 2.48. The minimum atomic E-state index is 0.121. The second-order valence-corrected chi connectivity index (χ2v) is 7.03. The number of nitrogens with one attached hydrogen (secondary N) is 2. The lowest BCUT2D eigenvalue weighted by Gasteiger charge is -2.49. The van der Waals surface area contributed by atoms with Gasteiger partial charge >= 0.3 is 0 Å². The van der Waals surface area contributed by atoms with E-state index in [0.29, 0.717) is 17.9 Å². The first-order chi connectivity index (χ1) is 10.2. The molecule has 2 rings (SSSR count). The lowest BCUT2D eigenvalue weighted by atomic mass is 9.61. The van der Waals surface area contributed by atoms with Crippen molar-refractivity contribution in [3.63, 3.8) is 0 Å². The first kappa shape index (κ1) is 16.9. The van der Waals surface area contributed by atoms with E-state index in [2.05, 4.69) is 59.1 Å². The highest BCUT2D eigenvalue weighted by molar-refractivity contribution is 5.80. The molecule has 1 aliphatic rings. The van der Waals surface area contributed by atoms with E-state index in [1.54, 1.807) is 7.05 Å². The number of carbonyl (C=O) groups is 1. The molecule has 2 unspecified atom stereocenters. The van der Waals surface area contributed by atoms with Gasteiger partial charge in [-0.05, 0) is 74.3 Å². The van der Waals surface area contributed by atoms with Crippen LogP contribution in [0.15, 0.2) is 0 Å². The smallest absolute Gasteiger partial charge is 0.223 e. The summed E-state index contributed by atoms with van der Waals surface area (Å²) < 4.78 is 0. The van der Waals surface area contributed by atoms with Gasteiger partial charge in [0.15, 0.2) is 0 Å². The van der Waals surface area contributed by atoms with E-state index in [1.807, 2.05) is 0 Å². The summed E-state index contributed by atoms with van der Waals surface area (Å²) in [4.78, 5) is 12.0. The fourth-order valence-electron chi connectivity index (χ4n) is 4.05. The Morgan fingerprint density at radius 2 is 1.23 bits per heavy atom. The van der Waals surface area contributed by atoms with E-state index >= 15 is 0 Å². The quantitative estimate of drug-likeness (QED) is 0.894. The molecule has 1 amide bonds. The van der Waals surface area contributed by atoms with Gasteiger partial charge in [0.05, 0.1) is 0 Å². The van der Waals surface area contributed by atoms with E-state index in [1.165, 1.54) is 33.5 Å². The Labute approximate surface area is 134 Å². The Balaban J connectivity index is 2.29. The van der Waals surface area contributed by atoms with Crippen molar-refractivity contribution >= 4 is 11.6 Å². The molecule has 0 bridgehead atoms. The standard InChI is InChI=1S/C19H30N2O/c1-9-10(2)12(4)17(13(5)11(9)3)21-18-14(6)16(15(18)7)19(22)20-8/h14-16,18,21H,1-8H3,(H,20,22). The van der Waals surface area contributed by atoms with Gasteiger partial charge in [0.2, 0.25) is 5.91 Å². The third kappa shape index (κ3) is 2.41. The van der Waals surface area contributed by atoms with E-state index in [4.69, 9.17) is 0 Å². The molecule has 1 fully saturated rings. The summed E-state index contributed by atoms with van der Waals surface area (Å²) in [6, 6.07) is 0.362. The Morgan fingerprint density at radius 1 is 0.818 bits per heavy atom. The lowest BCUT2D eigenvalue weighted by Crippen LogP contribution is -2.58. The number of hydrogen-bond acceptors (Lipinski definition) is 2. The van der Waals surface area contributed by atoms with Crippen LogP contribution in [-0.2, 0) is 4.79 Å². The third-order valence-electron chi connectivity index (χ3n) is 6.13. The molecular weight excluding hydrogens is 272 g/mol.